The molecule has 3 heterocycles. The van der Waals surface area contributed by atoms with E-state index < -0.39 is 0 Å². The van der Waals surface area contributed by atoms with Crippen molar-refractivity contribution < 1.29 is 0 Å². The fourth-order valence-corrected chi connectivity index (χ4v) is 3.49. The van der Waals surface area contributed by atoms with Crippen LogP contribution in [0.4, 0.5) is 0 Å². The predicted molar refractivity (Wildman–Crippen MR) is 77.5 cm³/mol. The van der Waals surface area contributed by atoms with Crippen molar-refractivity contribution in [1.29, 1.82) is 0 Å². The fourth-order valence-electron chi connectivity index (χ4n) is 3.49. The molecule has 0 saturated heterocycles. The number of hydrogen-bond acceptors (Lipinski definition) is 3. The van der Waals surface area contributed by atoms with Gasteiger partial charge < -0.3 is 9.88 Å². The average molecular weight is 268 g/mol. The molecular formula is C16H20N4. The lowest BCUT2D eigenvalue weighted by molar-refractivity contribution is 0.396. The topological polar surface area (TPSA) is 42.7 Å². The van der Waals surface area contributed by atoms with Crippen LogP contribution < -0.4 is 5.32 Å². The molecule has 2 aliphatic heterocycles. The Hall–Kier alpha value is -1.68. The summed E-state index contributed by atoms with van der Waals surface area (Å²) in [7, 11) is 0. The summed E-state index contributed by atoms with van der Waals surface area (Å²) in [5.41, 5.74) is 2.81. The third-order valence-electron chi connectivity index (χ3n) is 4.64. The van der Waals surface area contributed by atoms with Gasteiger partial charge in [0.15, 0.2) is 0 Å². The van der Waals surface area contributed by atoms with Crippen LogP contribution >= 0.6 is 0 Å². The maximum atomic E-state index is 4.53. The van der Waals surface area contributed by atoms with E-state index in [2.05, 4.69) is 51.3 Å². The Morgan fingerprint density at radius 2 is 2.15 bits per heavy atom. The molecule has 0 spiro atoms. The minimum absolute atomic E-state index is 0.342. The lowest BCUT2D eigenvalue weighted by Crippen LogP contribution is -2.31. The molecule has 2 atom stereocenters. The second-order valence-electron chi connectivity index (χ2n) is 6.11. The van der Waals surface area contributed by atoms with E-state index >= 15 is 0 Å². The summed E-state index contributed by atoms with van der Waals surface area (Å²) >= 11 is 0. The van der Waals surface area contributed by atoms with E-state index in [0.717, 1.165) is 37.8 Å². The first-order chi connectivity index (χ1) is 9.83. The van der Waals surface area contributed by atoms with Crippen LogP contribution in [0.2, 0.25) is 0 Å². The van der Waals surface area contributed by atoms with E-state index in [9.17, 15) is 0 Å². The first kappa shape index (κ1) is 12.1. The molecule has 0 radical (unpaired) electrons. The molecule has 0 amide bonds. The summed E-state index contributed by atoms with van der Waals surface area (Å²) in [6.45, 7) is 5.29. The van der Waals surface area contributed by atoms with Crippen molar-refractivity contribution in [3.05, 3.63) is 47.0 Å². The second-order valence-corrected chi connectivity index (χ2v) is 6.11. The molecule has 0 aliphatic carbocycles. The molecule has 0 fully saturated rings. The molecule has 1 N–H and O–H groups in total. The molecule has 2 aromatic rings. The van der Waals surface area contributed by atoms with E-state index in [4.69, 9.17) is 0 Å². The lowest BCUT2D eigenvalue weighted by Gasteiger charge is -2.28. The molecule has 4 nitrogen and oxygen atoms in total. The third-order valence-corrected chi connectivity index (χ3v) is 4.64. The Morgan fingerprint density at radius 3 is 3.10 bits per heavy atom. The standard InChI is InChI=1S/C16H20N4/c1-11-6-7-20-15(8-11)18-19-16(20)14-10-17-9-12-4-2-3-5-13(12)14/h2-5,11,14,17H,6-10H2,1H3. The van der Waals surface area contributed by atoms with Crippen molar-refractivity contribution >= 4 is 0 Å². The normalized spacial score (nSPS) is 25.1. The van der Waals surface area contributed by atoms with Gasteiger partial charge in [-0.05, 0) is 23.5 Å². The second kappa shape index (κ2) is 4.70. The number of nitrogens with zero attached hydrogens (tertiary/aromatic N) is 3. The zero-order valence-electron chi connectivity index (χ0n) is 11.8. The quantitative estimate of drug-likeness (QED) is 0.861. The van der Waals surface area contributed by atoms with Crippen LogP contribution in [0, 0.1) is 5.92 Å². The molecule has 4 heteroatoms. The van der Waals surface area contributed by atoms with Crippen molar-refractivity contribution in [2.24, 2.45) is 5.92 Å². The van der Waals surface area contributed by atoms with Gasteiger partial charge in [0.25, 0.3) is 0 Å². The summed E-state index contributed by atoms with van der Waals surface area (Å²) in [6.07, 6.45) is 2.30. The van der Waals surface area contributed by atoms with E-state index in [1.807, 2.05) is 0 Å². The Morgan fingerprint density at radius 1 is 1.25 bits per heavy atom. The first-order valence-corrected chi connectivity index (χ1v) is 7.53. The molecular weight excluding hydrogens is 248 g/mol. The minimum atomic E-state index is 0.342. The molecule has 0 bridgehead atoms. The number of hydrogen-bond donors (Lipinski definition) is 1. The van der Waals surface area contributed by atoms with Gasteiger partial charge in [0.2, 0.25) is 0 Å². The van der Waals surface area contributed by atoms with Gasteiger partial charge >= 0.3 is 0 Å². The number of fused-ring (bicyclic) bond motifs is 2. The predicted octanol–water partition coefficient (Wildman–Crippen LogP) is 2.10. The van der Waals surface area contributed by atoms with Crippen LogP contribution in [0.3, 0.4) is 0 Å². The maximum absolute atomic E-state index is 4.53. The molecule has 2 aliphatic rings. The van der Waals surface area contributed by atoms with Crippen LogP contribution in [0.1, 0.15) is 42.0 Å². The summed E-state index contributed by atoms with van der Waals surface area (Å²) in [4.78, 5) is 0. The van der Waals surface area contributed by atoms with E-state index in [1.54, 1.807) is 0 Å². The van der Waals surface area contributed by atoms with Gasteiger partial charge in [-0.2, -0.15) is 0 Å². The molecule has 4 rings (SSSR count). The Kier molecular flexibility index (Phi) is 2.84. The molecule has 20 heavy (non-hydrogen) atoms. The highest BCUT2D eigenvalue weighted by molar-refractivity contribution is 5.36. The van der Waals surface area contributed by atoms with Gasteiger partial charge in [-0.25, -0.2) is 0 Å². The minimum Gasteiger partial charge on any atom is -0.314 e. The van der Waals surface area contributed by atoms with Crippen molar-refractivity contribution in [1.82, 2.24) is 20.1 Å². The van der Waals surface area contributed by atoms with Crippen LogP contribution in [-0.4, -0.2) is 21.3 Å². The van der Waals surface area contributed by atoms with Crippen molar-refractivity contribution in [2.45, 2.75) is 38.8 Å². The summed E-state index contributed by atoms with van der Waals surface area (Å²) < 4.78 is 2.36. The fraction of sp³-hybridized carbons (Fsp3) is 0.500. The molecule has 1 aromatic carbocycles. The van der Waals surface area contributed by atoms with Crippen molar-refractivity contribution in [3.8, 4) is 0 Å². The summed E-state index contributed by atoms with van der Waals surface area (Å²) in [5, 5.41) is 12.5. The number of aromatic nitrogens is 3. The largest absolute Gasteiger partial charge is 0.314 e. The Labute approximate surface area is 119 Å². The van der Waals surface area contributed by atoms with E-state index in [1.165, 1.54) is 23.4 Å². The maximum Gasteiger partial charge on any atom is 0.141 e. The van der Waals surface area contributed by atoms with Gasteiger partial charge in [0, 0.05) is 26.1 Å². The zero-order chi connectivity index (χ0) is 13.5. The highest BCUT2D eigenvalue weighted by atomic mass is 15.3. The number of rotatable bonds is 1. The van der Waals surface area contributed by atoms with Gasteiger partial charge in [-0.15, -0.1) is 10.2 Å². The van der Waals surface area contributed by atoms with Crippen LogP contribution in [0.25, 0.3) is 0 Å². The van der Waals surface area contributed by atoms with Crippen molar-refractivity contribution in [3.63, 3.8) is 0 Å². The summed E-state index contributed by atoms with van der Waals surface area (Å²) in [6, 6.07) is 8.70. The molecule has 2 unspecified atom stereocenters. The summed E-state index contributed by atoms with van der Waals surface area (Å²) in [5.74, 6) is 3.39. The average Bonchev–Trinajstić information content (AvgIpc) is 2.89. The zero-order valence-corrected chi connectivity index (χ0v) is 11.8. The monoisotopic (exact) mass is 268 g/mol. The third kappa shape index (κ3) is 1.86. The smallest absolute Gasteiger partial charge is 0.141 e. The highest BCUT2D eigenvalue weighted by Crippen LogP contribution is 2.31. The molecule has 104 valence electrons. The lowest BCUT2D eigenvalue weighted by atomic mass is 9.90. The van der Waals surface area contributed by atoms with E-state index in [-0.39, 0.29) is 0 Å². The van der Waals surface area contributed by atoms with Gasteiger partial charge in [0.05, 0.1) is 5.92 Å². The molecule has 1 aromatic heterocycles. The van der Waals surface area contributed by atoms with Crippen LogP contribution in [0.15, 0.2) is 24.3 Å². The molecule has 0 saturated carbocycles. The van der Waals surface area contributed by atoms with Crippen LogP contribution in [-0.2, 0) is 19.5 Å². The Balaban J connectivity index is 1.76. The van der Waals surface area contributed by atoms with Gasteiger partial charge in [-0.3, -0.25) is 0 Å². The number of benzene rings is 1. The van der Waals surface area contributed by atoms with Gasteiger partial charge in [0.1, 0.15) is 11.6 Å². The first-order valence-electron chi connectivity index (χ1n) is 7.53. The van der Waals surface area contributed by atoms with Crippen LogP contribution in [0.5, 0.6) is 0 Å². The van der Waals surface area contributed by atoms with Crippen molar-refractivity contribution in [2.75, 3.05) is 6.54 Å². The Bertz CT molecular complexity index is 631. The highest BCUT2D eigenvalue weighted by Gasteiger charge is 2.29. The van der Waals surface area contributed by atoms with E-state index in [0.29, 0.717) is 5.92 Å². The van der Waals surface area contributed by atoms with Gasteiger partial charge in [-0.1, -0.05) is 31.2 Å². The SMILES string of the molecule is CC1CCn2c(nnc2C2CNCc3ccccc32)C1. The number of nitrogens with one attached hydrogen (secondary N) is 1.